The average Bonchev–Trinajstić information content (AvgIpc) is 3.64. The Hall–Kier alpha value is -1.00. The van der Waals surface area contributed by atoms with Crippen LogP contribution in [0.15, 0.2) is 37.4 Å². The van der Waals surface area contributed by atoms with E-state index < -0.39 is 0 Å². The van der Waals surface area contributed by atoms with Crippen molar-refractivity contribution in [2.24, 2.45) is 14.1 Å². The first kappa shape index (κ1) is 47.1. The van der Waals surface area contributed by atoms with E-state index in [2.05, 4.69) is 83.7 Å². The van der Waals surface area contributed by atoms with E-state index in [0.717, 1.165) is 0 Å². The summed E-state index contributed by atoms with van der Waals surface area (Å²) in [5, 5.41) is 0. The Kier molecular flexibility index (Phi) is 37.7. The van der Waals surface area contributed by atoms with Crippen LogP contribution in [0.3, 0.4) is 0 Å². The van der Waals surface area contributed by atoms with Crippen LogP contribution in [0.5, 0.6) is 0 Å². The third-order valence-corrected chi connectivity index (χ3v) is 9.19. The predicted molar refractivity (Wildman–Crippen MR) is 192 cm³/mol. The zero-order valence-electron chi connectivity index (χ0n) is 31.2. The summed E-state index contributed by atoms with van der Waals surface area (Å²) < 4.78 is 8.81. The zero-order valence-corrected chi connectivity index (χ0v) is 32.7. The van der Waals surface area contributed by atoms with Gasteiger partial charge in [0, 0.05) is 0 Å². The molecule has 2 heterocycles. The molecule has 0 N–H and O–H groups in total. The van der Waals surface area contributed by atoms with Crippen molar-refractivity contribution in [1.82, 2.24) is 9.13 Å². The maximum atomic E-state index is 2.29. The number of imidazole rings is 2. The summed E-state index contributed by atoms with van der Waals surface area (Å²) in [6.07, 6.45) is 53.1. The van der Waals surface area contributed by atoms with E-state index in [1.54, 1.807) is 0 Å². The van der Waals surface area contributed by atoms with Crippen molar-refractivity contribution in [1.29, 1.82) is 0 Å². The lowest BCUT2D eigenvalue weighted by atomic mass is 10.0. The first-order valence-electron chi connectivity index (χ1n) is 19.7. The molecular weight excluding hydrogens is 607 g/mol. The third kappa shape index (κ3) is 31.6. The molecule has 0 amide bonds. The van der Waals surface area contributed by atoms with Gasteiger partial charge in [-0.2, -0.15) is 0 Å². The highest BCUT2D eigenvalue weighted by Crippen LogP contribution is 2.14. The first-order valence-corrected chi connectivity index (χ1v) is 19.7. The predicted octanol–water partition coefficient (Wildman–Crippen LogP) is 5.60. The van der Waals surface area contributed by atoms with E-state index >= 15 is 0 Å². The molecular formula is C40H78Cl2N4. The van der Waals surface area contributed by atoms with Gasteiger partial charge < -0.3 is 24.8 Å². The number of hydrogen-bond acceptors (Lipinski definition) is 0. The monoisotopic (exact) mass is 685 g/mol. The molecule has 0 atom stereocenters. The van der Waals surface area contributed by atoms with E-state index in [1.165, 1.54) is 193 Å². The normalized spacial score (nSPS) is 10.7. The maximum absolute atomic E-state index is 2.29. The molecule has 0 bridgehead atoms. The number of rotatable bonds is 30. The molecule has 0 aromatic carbocycles. The first-order chi connectivity index (χ1) is 21.7. The molecule has 6 heteroatoms. The molecule has 0 saturated carbocycles. The fraction of sp³-hybridized carbons (Fsp3) is 0.850. The fourth-order valence-corrected chi connectivity index (χ4v) is 6.25. The van der Waals surface area contributed by atoms with Gasteiger partial charge in [0.25, 0.3) is 0 Å². The fourth-order valence-electron chi connectivity index (χ4n) is 6.25. The second-order valence-corrected chi connectivity index (χ2v) is 13.8. The molecule has 0 aliphatic rings. The lowest BCUT2D eigenvalue weighted by molar-refractivity contribution is -0.671. The molecule has 0 saturated heterocycles. The third-order valence-electron chi connectivity index (χ3n) is 9.19. The van der Waals surface area contributed by atoms with Crippen molar-refractivity contribution in [3.8, 4) is 0 Å². The number of aromatic nitrogens is 4. The van der Waals surface area contributed by atoms with Crippen molar-refractivity contribution >= 4 is 0 Å². The Balaban J connectivity index is 0. The largest absolute Gasteiger partial charge is 1.00 e. The molecule has 2 aromatic rings. The van der Waals surface area contributed by atoms with Crippen LogP contribution in [0.4, 0.5) is 0 Å². The second kappa shape index (κ2) is 36.8. The van der Waals surface area contributed by atoms with Crippen LogP contribution < -0.4 is 33.9 Å². The molecule has 0 radical (unpaired) electrons. The Morgan fingerprint density at radius 3 is 0.761 bits per heavy atom. The van der Waals surface area contributed by atoms with Crippen molar-refractivity contribution in [2.75, 3.05) is 0 Å². The topological polar surface area (TPSA) is 17.6 Å². The summed E-state index contributed by atoms with van der Waals surface area (Å²) in [6, 6.07) is 0. The molecule has 0 fully saturated rings. The summed E-state index contributed by atoms with van der Waals surface area (Å²) in [5.74, 6) is 0. The highest BCUT2D eigenvalue weighted by molar-refractivity contribution is 4.66. The molecule has 2 rings (SSSR count). The molecule has 2 aromatic heterocycles. The zero-order chi connectivity index (χ0) is 31.8. The van der Waals surface area contributed by atoms with E-state index in [1.807, 2.05) is 0 Å². The van der Waals surface area contributed by atoms with Crippen LogP contribution in [0.1, 0.15) is 194 Å². The van der Waals surface area contributed by atoms with Gasteiger partial charge in [0.15, 0.2) is 0 Å². The number of hydrogen-bond donors (Lipinski definition) is 0. The molecule has 4 nitrogen and oxygen atoms in total. The van der Waals surface area contributed by atoms with E-state index in [-0.39, 0.29) is 24.8 Å². The highest BCUT2D eigenvalue weighted by Gasteiger charge is 2.01. The van der Waals surface area contributed by atoms with Crippen molar-refractivity contribution in [3.63, 3.8) is 0 Å². The van der Waals surface area contributed by atoms with Crippen molar-refractivity contribution in [3.05, 3.63) is 37.4 Å². The summed E-state index contributed by atoms with van der Waals surface area (Å²) in [5.41, 5.74) is 0. The summed E-state index contributed by atoms with van der Waals surface area (Å²) >= 11 is 0. The standard InChI is InChI=1S/2C20H39N2.2ClH/c2*1-3-4-5-6-7-8-9-10-11-12-13-14-15-16-17-22-19-18-21(2)20-22;;/h2*18-20H,3-17H2,1-2H3;2*1H/q2*+1;;/p-2. The summed E-state index contributed by atoms with van der Waals surface area (Å²) in [4.78, 5) is 0. The Morgan fingerprint density at radius 1 is 0.348 bits per heavy atom. The maximum Gasteiger partial charge on any atom is 0.243 e. The lowest BCUT2D eigenvalue weighted by Gasteiger charge is -2.03. The van der Waals surface area contributed by atoms with Crippen LogP contribution in [0.2, 0.25) is 0 Å². The van der Waals surface area contributed by atoms with Gasteiger partial charge in [-0.3, -0.25) is 0 Å². The van der Waals surface area contributed by atoms with Gasteiger partial charge in [-0.15, -0.1) is 0 Å². The molecule has 272 valence electrons. The van der Waals surface area contributed by atoms with Crippen LogP contribution >= 0.6 is 0 Å². The van der Waals surface area contributed by atoms with Crippen LogP contribution in [0, 0.1) is 0 Å². The molecule has 0 spiro atoms. The van der Waals surface area contributed by atoms with Gasteiger partial charge in [-0.05, 0) is 25.7 Å². The number of aryl methyl sites for hydroxylation is 4. The number of nitrogens with zero attached hydrogens (tertiary/aromatic N) is 4. The van der Waals surface area contributed by atoms with Crippen LogP contribution in [-0.2, 0) is 27.2 Å². The van der Waals surface area contributed by atoms with Crippen LogP contribution in [-0.4, -0.2) is 9.13 Å². The van der Waals surface area contributed by atoms with Gasteiger partial charge in [0.05, 0.1) is 27.2 Å². The van der Waals surface area contributed by atoms with Gasteiger partial charge >= 0.3 is 0 Å². The van der Waals surface area contributed by atoms with Gasteiger partial charge in [-0.25, -0.2) is 18.3 Å². The summed E-state index contributed by atoms with van der Waals surface area (Å²) in [7, 11) is 4.17. The van der Waals surface area contributed by atoms with Crippen molar-refractivity contribution < 1.29 is 33.9 Å². The summed E-state index contributed by atoms with van der Waals surface area (Å²) in [6.45, 7) is 6.94. The molecule has 0 unspecified atom stereocenters. The molecule has 0 aliphatic carbocycles. The number of unbranched alkanes of at least 4 members (excludes halogenated alkanes) is 26. The smallest absolute Gasteiger partial charge is 0.243 e. The average molecular weight is 686 g/mol. The Morgan fingerprint density at radius 2 is 0.565 bits per heavy atom. The van der Waals surface area contributed by atoms with Gasteiger partial charge in [0.1, 0.15) is 24.8 Å². The van der Waals surface area contributed by atoms with E-state index in [9.17, 15) is 0 Å². The van der Waals surface area contributed by atoms with E-state index in [4.69, 9.17) is 0 Å². The Labute approximate surface area is 300 Å². The number of halogens is 2. The molecule has 46 heavy (non-hydrogen) atoms. The highest BCUT2D eigenvalue weighted by atomic mass is 35.5. The SMILES string of the molecule is CCCCCCCCCCCCCCCCn1cc[n+](C)c1.CCCCCCCCCCCCCCCCn1cc[n+](C)c1.[Cl-].[Cl-]. The second-order valence-electron chi connectivity index (χ2n) is 13.8. The van der Waals surface area contributed by atoms with Crippen molar-refractivity contribution in [2.45, 2.75) is 207 Å². The molecule has 0 aliphatic heterocycles. The van der Waals surface area contributed by atoms with Gasteiger partial charge in [-0.1, -0.05) is 168 Å². The minimum absolute atomic E-state index is 0. The minimum Gasteiger partial charge on any atom is -1.00 e. The van der Waals surface area contributed by atoms with Crippen LogP contribution in [0.25, 0.3) is 0 Å². The van der Waals surface area contributed by atoms with Gasteiger partial charge in [0.2, 0.25) is 12.7 Å². The minimum atomic E-state index is 0. The van der Waals surface area contributed by atoms with E-state index in [0.29, 0.717) is 0 Å². The Bertz CT molecular complexity index is 767. The quantitative estimate of drug-likeness (QED) is 0.0754. The lowest BCUT2D eigenvalue weighted by Crippen LogP contribution is -3.00.